The van der Waals surface area contributed by atoms with Crippen LogP contribution in [0.1, 0.15) is 30.4 Å². The summed E-state index contributed by atoms with van der Waals surface area (Å²) in [6.45, 7) is 0.759. The molecule has 0 aliphatic heterocycles. The highest BCUT2D eigenvalue weighted by atomic mass is 19.3. The molecule has 18 heavy (non-hydrogen) atoms. The predicted molar refractivity (Wildman–Crippen MR) is 64.3 cm³/mol. The van der Waals surface area contributed by atoms with Crippen LogP contribution in [0.5, 0.6) is 0 Å². The zero-order valence-electron chi connectivity index (χ0n) is 9.96. The summed E-state index contributed by atoms with van der Waals surface area (Å²) in [5.41, 5.74) is 0.906. The number of halogens is 2. The van der Waals surface area contributed by atoms with E-state index in [1.165, 1.54) is 12.1 Å². The Hall–Kier alpha value is -1.49. The van der Waals surface area contributed by atoms with E-state index < -0.39 is 6.43 Å². The van der Waals surface area contributed by atoms with Crippen LogP contribution < -0.4 is 10.6 Å². The van der Waals surface area contributed by atoms with Crippen LogP contribution in [0.3, 0.4) is 0 Å². The number of hydrogen-bond acceptors (Lipinski definition) is 2. The first-order valence-corrected chi connectivity index (χ1v) is 6.02. The van der Waals surface area contributed by atoms with Gasteiger partial charge in [0.25, 0.3) is 6.43 Å². The molecule has 1 fully saturated rings. The number of carbonyl (C=O) groups excluding carboxylic acids is 1. The smallest absolute Gasteiger partial charge is 0.263 e. The summed E-state index contributed by atoms with van der Waals surface area (Å²) >= 11 is 0. The Morgan fingerprint density at radius 3 is 2.50 bits per heavy atom. The molecular formula is C13H16F2N2O. The summed E-state index contributed by atoms with van der Waals surface area (Å²) in [5, 5.41) is 5.85. The van der Waals surface area contributed by atoms with E-state index in [-0.39, 0.29) is 18.0 Å². The van der Waals surface area contributed by atoms with E-state index in [2.05, 4.69) is 10.6 Å². The van der Waals surface area contributed by atoms with Crippen molar-refractivity contribution >= 4 is 5.91 Å². The quantitative estimate of drug-likeness (QED) is 0.815. The summed E-state index contributed by atoms with van der Waals surface area (Å²) in [6, 6.07) is 6.47. The number of benzene rings is 1. The minimum Gasteiger partial charge on any atom is -0.352 e. The van der Waals surface area contributed by atoms with Gasteiger partial charge in [0.1, 0.15) is 0 Å². The first-order valence-electron chi connectivity index (χ1n) is 6.02. The number of alkyl halides is 2. The molecule has 0 atom stereocenters. The summed E-state index contributed by atoms with van der Waals surface area (Å²) < 4.78 is 24.6. The van der Waals surface area contributed by atoms with E-state index in [0.717, 1.165) is 18.4 Å². The van der Waals surface area contributed by atoms with Gasteiger partial charge in [0.15, 0.2) is 0 Å². The second-order valence-electron chi connectivity index (χ2n) is 4.49. The van der Waals surface area contributed by atoms with Crippen molar-refractivity contribution in [1.82, 2.24) is 10.6 Å². The van der Waals surface area contributed by atoms with Gasteiger partial charge in [-0.05, 0) is 18.4 Å². The van der Waals surface area contributed by atoms with Crippen LogP contribution in [-0.4, -0.2) is 18.5 Å². The van der Waals surface area contributed by atoms with Crippen molar-refractivity contribution in [2.45, 2.75) is 31.9 Å². The van der Waals surface area contributed by atoms with E-state index in [4.69, 9.17) is 0 Å². The lowest BCUT2D eigenvalue weighted by molar-refractivity contribution is -0.120. The van der Waals surface area contributed by atoms with Crippen LogP contribution in [0.15, 0.2) is 24.3 Å². The predicted octanol–water partition coefficient (Wildman–Crippen LogP) is 1.99. The number of nitrogens with one attached hydrogen (secondary N) is 2. The lowest BCUT2D eigenvalue weighted by Gasteiger charge is -2.06. The average molecular weight is 254 g/mol. The molecule has 2 N–H and O–H groups in total. The molecule has 0 saturated heterocycles. The van der Waals surface area contributed by atoms with Crippen molar-refractivity contribution in [2.75, 3.05) is 6.54 Å². The van der Waals surface area contributed by atoms with Gasteiger partial charge in [-0.3, -0.25) is 4.79 Å². The number of carbonyl (C=O) groups is 1. The summed E-state index contributed by atoms with van der Waals surface area (Å²) in [6.07, 6.45) is -0.293. The fraction of sp³-hybridized carbons (Fsp3) is 0.462. The SMILES string of the molecule is O=C(CNCc1ccc(C(F)F)cc1)NC1CC1. The Labute approximate surface area is 105 Å². The van der Waals surface area contributed by atoms with Crippen LogP contribution in [0.4, 0.5) is 8.78 Å². The van der Waals surface area contributed by atoms with Crippen LogP contribution in [0.2, 0.25) is 0 Å². The van der Waals surface area contributed by atoms with Crippen LogP contribution in [0.25, 0.3) is 0 Å². The molecule has 1 aliphatic carbocycles. The molecule has 0 aromatic heterocycles. The topological polar surface area (TPSA) is 41.1 Å². The molecule has 1 aromatic carbocycles. The van der Waals surface area contributed by atoms with E-state index in [1.807, 2.05) is 0 Å². The molecule has 1 aliphatic rings. The second kappa shape index (κ2) is 5.91. The molecule has 1 aromatic rings. The molecule has 0 bridgehead atoms. The van der Waals surface area contributed by atoms with Gasteiger partial charge in [-0.1, -0.05) is 24.3 Å². The van der Waals surface area contributed by atoms with Gasteiger partial charge in [0, 0.05) is 18.2 Å². The molecule has 0 radical (unpaired) electrons. The van der Waals surface area contributed by atoms with Gasteiger partial charge in [0.05, 0.1) is 6.54 Å². The molecule has 1 amide bonds. The first kappa shape index (κ1) is 13.0. The maximum absolute atomic E-state index is 12.3. The lowest BCUT2D eigenvalue weighted by Crippen LogP contribution is -2.34. The largest absolute Gasteiger partial charge is 0.352 e. The Balaban J connectivity index is 1.70. The first-order chi connectivity index (χ1) is 8.65. The fourth-order valence-electron chi connectivity index (χ4n) is 1.61. The van der Waals surface area contributed by atoms with Gasteiger partial charge in [0.2, 0.25) is 5.91 Å². The van der Waals surface area contributed by atoms with E-state index in [9.17, 15) is 13.6 Å². The Morgan fingerprint density at radius 1 is 1.28 bits per heavy atom. The molecule has 0 spiro atoms. The Morgan fingerprint density at radius 2 is 1.94 bits per heavy atom. The zero-order chi connectivity index (χ0) is 13.0. The van der Waals surface area contributed by atoms with Gasteiger partial charge in [-0.15, -0.1) is 0 Å². The molecule has 1 saturated carbocycles. The number of rotatable bonds is 6. The monoisotopic (exact) mass is 254 g/mol. The zero-order valence-corrected chi connectivity index (χ0v) is 9.96. The highest BCUT2D eigenvalue weighted by Gasteiger charge is 2.22. The van der Waals surface area contributed by atoms with Crippen molar-refractivity contribution in [1.29, 1.82) is 0 Å². The van der Waals surface area contributed by atoms with Gasteiger partial charge < -0.3 is 10.6 Å². The van der Waals surface area contributed by atoms with Gasteiger partial charge in [-0.25, -0.2) is 8.78 Å². The third-order valence-corrected chi connectivity index (χ3v) is 2.79. The lowest BCUT2D eigenvalue weighted by atomic mass is 10.1. The third kappa shape index (κ3) is 4.07. The third-order valence-electron chi connectivity index (χ3n) is 2.79. The summed E-state index contributed by atoms with van der Waals surface area (Å²) in [5.74, 6) is -0.0123. The number of amides is 1. The molecule has 98 valence electrons. The second-order valence-corrected chi connectivity index (χ2v) is 4.49. The van der Waals surface area contributed by atoms with Crippen molar-refractivity contribution in [3.05, 3.63) is 35.4 Å². The van der Waals surface area contributed by atoms with Crippen molar-refractivity contribution in [3.8, 4) is 0 Å². The molecular weight excluding hydrogens is 238 g/mol. The minimum atomic E-state index is -2.43. The van der Waals surface area contributed by atoms with Crippen LogP contribution in [0, 0.1) is 0 Å². The highest BCUT2D eigenvalue weighted by Crippen LogP contribution is 2.19. The van der Waals surface area contributed by atoms with E-state index in [0.29, 0.717) is 12.6 Å². The normalized spacial score (nSPS) is 14.8. The Kier molecular flexibility index (Phi) is 4.25. The van der Waals surface area contributed by atoms with Crippen molar-refractivity contribution in [2.24, 2.45) is 0 Å². The average Bonchev–Trinajstić information content (AvgIpc) is 3.13. The molecule has 5 heteroatoms. The molecule has 2 rings (SSSR count). The van der Waals surface area contributed by atoms with E-state index >= 15 is 0 Å². The molecule has 0 heterocycles. The standard InChI is InChI=1S/C13H16F2N2O/c14-13(15)10-3-1-9(2-4-10)7-16-8-12(18)17-11-5-6-11/h1-4,11,13,16H,5-8H2,(H,17,18). The molecule has 0 unspecified atom stereocenters. The summed E-state index contributed by atoms with van der Waals surface area (Å²) in [4.78, 5) is 11.4. The van der Waals surface area contributed by atoms with Gasteiger partial charge >= 0.3 is 0 Å². The fourth-order valence-corrected chi connectivity index (χ4v) is 1.61. The van der Waals surface area contributed by atoms with Crippen LogP contribution >= 0.6 is 0 Å². The number of hydrogen-bond donors (Lipinski definition) is 2. The van der Waals surface area contributed by atoms with Crippen molar-refractivity contribution < 1.29 is 13.6 Å². The van der Waals surface area contributed by atoms with Crippen LogP contribution in [-0.2, 0) is 11.3 Å². The van der Waals surface area contributed by atoms with E-state index in [1.54, 1.807) is 12.1 Å². The highest BCUT2D eigenvalue weighted by molar-refractivity contribution is 5.78. The maximum atomic E-state index is 12.3. The minimum absolute atomic E-state index is 0.0123. The Bertz CT molecular complexity index is 402. The molecule has 3 nitrogen and oxygen atoms in total. The maximum Gasteiger partial charge on any atom is 0.263 e. The van der Waals surface area contributed by atoms with Gasteiger partial charge in [-0.2, -0.15) is 0 Å². The van der Waals surface area contributed by atoms with Crippen molar-refractivity contribution in [3.63, 3.8) is 0 Å². The summed E-state index contributed by atoms with van der Waals surface area (Å²) in [7, 11) is 0.